The maximum atomic E-state index is 12.5. The highest BCUT2D eigenvalue weighted by Gasteiger charge is 2.20. The second-order valence-corrected chi connectivity index (χ2v) is 9.02. The van der Waals surface area contributed by atoms with Gasteiger partial charge in [-0.3, -0.25) is 9.59 Å². The quantitative estimate of drug-likeness (QED) is 0.370. The van der Waals surface area contributed by atoms with Crippen molar-refractivity contribution in [3.63, 3.8) is 0 Å². The normalized spacial score (nSPS) is 10.8. The molecule has 2 N–H and O–H groups in total. The van der Waals surface area contributed by atoms with Gasteiger partial charge in [-0.25, -0.2) is 0 Å². The molecule has 0 saturated carbocycles. The van der Waals surface area contributed by atoms with Crippen molar-refractivity contribution in [1.82, 2.24) is 15.2 Å². The van der Waals surface area contributed by atoms with Crippen molar-refractivity contribution in [1.29, 1.82) is 0 Å². The van der Waals surface area contributed by atoms with Crippen LogP contribution in [0.2, 0.25) is 0 Å². The number of H-pyrrole nitrogens is 1. The minimum absolute atomic E-state index is 0.0414. The molecule has 2 heterocycles. The largest absolute Gasteiger partial charge is 0.355 e. The fraction of sp³-hybridized carbons (Fsp3) is 0.222. The van der Waals surface area contributed by atoms with Gasteiger partial charge in [0.05, 0.1) is 11.4 Å². The Morgan fingerprint density at radius 3 is 2.74 bits per heavy atom. The van der Waals surface area contributed by atoms with Crippen LogP contribution in [0.25, 0.3) is 0 Å². The lowest BCUT2D eigenvalue weighted by Crippen LogP contribution is -2.05. The highest BCUT2D eigenvalue weighted by molar-refractivity contribution is 9.10. The van der Waals surface area contributed by atoms with Crippen molar-refractivity contribution in [2.45, 2.75) is 25.1 Å². The number of carbonyl (C=O) groups excluding carboxylic acids is 2. The number of anilines is 2. The lowest BCUT2D eigenvalue weighted by molar-refractivity contribution is 0.101. The summed E-state index contributed by atoms with van der Waals surface area (Å²) < 4.78 is 1.67. The van der Waals surface area contributed by atoms with Crippen LogP contribution < -0.4 is 5.32 Å². The Kier molecular flexibility index (Phi) is 6.13. The number of halogens is 1. The zero-order valence-electron chi connectivity index (χ0n) is 14.9. The van der Waals surface area contributed by atoms with Crippen LogP contribution in [0.5, 0.6) is 0 Å². The Morgan fingerprint density at radius 2 is 2.07 bits per heavy atom. The number of aryl methyl sites for hydroxylation is 1. The van der Waals surface area contributed by atoms with Gasteiger partial charge < -0.3 is 10.3 Å². The molecule has 3 aromatic rings. The number of hydrogen-bond acceptors (Lipinski definition) is 7. The van der Waals surface area contributed by atoms with E-state index in [0.717, 1.165) is 15.9 Å². The molecule has 0 atom stereocenters. The zero-order chi connectivity index (χ0) is 19.6. The number of nitrogens with zero attached hydrogens (tertiary/aromatic N) is 2. The van der Waals surface area contributed by atoms with Crippen molar-refractivity contribution < 1.29 is 9.59 Å². The Morgan fingerprint density at radius 1 is 1.30 bits per heavy atom. The SMILES string of the molecule is CC(=O)c1c(C)[nH]c(C(=O)CSc2nnc(Nc3cccc(Br)c3)s2)c1C. The van der Waals surface area contributed by atoms with Crippen LogP contribution in [-0.2, 0) is 0 Å². The molecular weight excluding hydrogens is 448 g/mol. The number of nitrogens with one attached hydrogen (secondary N) is 2. The average molecular weight is 465 g/mol. The number of benzene rings is 1. The first-order valence-electron chi connectivity index (χ1n) is 8.07. The van der Waals surface area contributed by atoms with E-state index in [0.29, 0.717) is 26.3 Å². The predicted molar refractivity (Wildman–Crippen MR) is 113 cm³/mol. The third kappa shape index (κ3) is 4.66. The standard InChI is InChI=1S/C18H17BrN4O2S2/c1-9-15(11(3)24)10(2)20-16(9)14(25)8-26-18-23-22-17(27-18)21-13-6-4-5-12(19)7-13/h4-7,20H,8H2,1-3H3,(H,21,22). The van der Waals surface area contributed by atoms with Crippen LogP contribution in [0.15, 0.2) is 33.1 Å². The first-order chi connectivity index (χ1) is 12.8. The number of aromatic nitrogens is 3. The third-order valence-electron chi connectivity index (χ3n) is 3.88. The molecule has 0 aliphatic rings. The first kappa shape index (κ1) is 19.8. The van der Waals surface area contributed by atoms with Crippen LogP contribution in [0.4, 0.5) is 10.8 Å². The van der Waals surface area contributed by atoms with Crippen molar-refractivity contribution >= 4 is 61.4 Å². The van der Waals surface area contributed by atoms with Gasteiger partial charge in [-0.1, -0.05) is 45.1 Å². The molecule has 0 fully saturated rings. The minimum atomic E-state index is -0.0650. The molecule has 27 heavy (non-hydrogen) atoms. The van der Waals surface area contributed by atoms with Gasteiger partial charge in [-0.05, 0) is 44.5 Å². The van der Waals surface area contributed by atoms with E-state index in [4.69, 9.17) is 0 Å². The fourth-order valence-electron chi connectivity index (χ4n) is 2.76. The average Bonchev–Trinajstić information content (AvgIpc) is 3.16. The van der Waals surface area contributed by atoms with Gasteiger partial charge in [0, 0.05) is 21.4 Å². The summed E-state index contributed by atoms with van der Waals surface area (Å²) in [6.45, 7) is 5.11. The molecule has 140 valence electrons. The van der Waals surface area contributed by atoms with E-state index in [1.165, 1.54) is 30.0 Å². The van der Waals surface area contributed by atoms with Crippen molar-refractivity contribution in [2.75, 3.05) is 11.1 Å². The number of ketones is 2. The van der Waals surface area contributed by atoms with E-state index < -0.39 is 0 Å². The molecule has 1 aromatic carbocycles. The molecule has 6 nitrogen and oxygen atoms in total. The maximum absolute atomic E-state index is 12.5. The number of thioether (sulfide) groups is 1. The zero-order valence-corrected chi connectivity index (χ0v) is 18.1. The van der Waals surface area contributed by atoms with Crippen LogP contribution in [0.3, 0.4) is 0 Å². The summed E-state index contributed by atoms with van der Waals surface area (Å²) in [4.78, 5) is 27.3. The molecule has 2 aromatic heterocycles. The number of hydrogen-bond donors (Lipinski definition) is 2. The highest BCUT2D eigenvalue weighted by atomic mass is 79.9. The lowest BCUT2D eigenvalue weighted by atomic mass is 10.1. The number of carbonyl (C=O) groups is 2. The number of Topliss-reactive ketones (excluding diaryl/α,β-unsaturated/α-hetero) is 2. The van der Waals surface area contributed by atoms with Gasteiger partial charge in [0.15, 0.2) is 15.9 Å². The van der Waals surface area contributed by atoms with Gasteiger partial charge in [-0.2, -0.15) is 0 Å². The van der Waals surface area contributed by atoms with Crippen LogP contribution in [0.1, 0.15) is 39.0 Å². The molecule has 0 amide bonds. The second kappa shape index (κ2) is 8.37. The monoisotopic (exact) mass is 464 g/mol. The van der Waals surface area contributed by atoms with E-state index in [1.54, 1.807) is 13.8 Å². The summed E-state index contributed by atoms with van der Waals surface area (Å²) in [5, 5.41) is 12.1. The first-order valence-corrected chi connectivity index (χ1v) is 10.7. The summed E-state index contributed by atoms with van der Waals surface area (Å²) in [5.41, 5.74) is 3.43. The lowest BCUT2D eigenvalue weighted by Gasteiger charge is -2.01. The third-order valence-corrected chi connectivity index (χ3v) is 6.34. The highest BCUT2D eigenvalue weighted by Crippen LogP contribution is 2.29. The smallest absolute Gasteiger partial charge is 0.210 e. The number of aromatic amines is 1. The Balaban J connectivity index is 1.64. The van der Waals surface area contributed by atoms with E-state index >= 15 is 0 Å². The molecule has 0 saturated heterocycles. The van der Waals surface area contributed by atoms with E-state index in [1.807, 2.05) is 24.3 Å². The Labute approximate surface area is 173 Å². The molecule has 3 rings (SSSR count). The van der Waals surface area contributed by atoms with Crippen LogP contribution in [0, 0.1) is 13.8 Å². The predicted octanol–water partition coefficient (Wildman–Crippen LogP) is 5.17. The van der Waals surface area contributed by atoms with Gasteiger partial charge in [-0.15, -0.1) is 10.2 Å². The van der Waals surface area contributed by atoms with Gasteiger partial charge >= 0.3 is 0 Å². The number of rotatable bonds is 7. The minimum Gasteiger partial charge on any atom is -0.355 e. The van der Waals surface area contributed by atoms with Gasteiger partial charge in [0.2, 0.25) is 5.13 Å². The molecule has 0 aliphatic heterocycles. The summed E-state index contributed by atoms with van der Waals surface area (Å²) in [7, 11) is 0. The fourth-order valence-corrected chi connectivity index (χ4v) is 4.81. The van der Waals surface area contributed by atoms with Crippen LogP contribution in [-0.4, -0.2) is 32.5 Å². The Hall–Kier alpha value is -1.97. The molecule has 0 aliphatic carbocycles. The van der Waals surface area contributed by atoms with Gasteiger partial charge in [0.1, 0.15) is 0 Å². The molecule has 9 heteroatoms. The molecular formula is C18H17BrN4O2S2. The summed E-state index contributed by atoms with van der Waals surface area (Å²) in [6, 6.07) is 7.75. The van der Waals surface area contributed by atoms with Gasteiger partial charge in [0.25, 0.3) is 0 Å². The summed E-state index contributed by atoms with van der Waals surface area (Å²) in [6.07, 6.45) is 0. The van der Waals surface area contributed by atoms with Crippen LogP contribution >= 0.6 is 39.0 Å². The Bertz CT molecular complexity index is 1010. The van der Waals surface area contributed by atoms with Crippen molar-refractivity contribution in [2.24, 2.45) is 0 Å². The molecule has 0 spiro atoms. The van der Waals surface area contributed by atoms with E-state index in [2.05, 4.69) is 36.4 Å². The second-order valence-electron chi connectivity index (χ2n) is 5.90. The van der Waals surface area contributed by atoms with E-state index in [-0.39, 0.29) is 17.3 Å². The van der Waals surface area contributed by atoms with Crippen molar-refractivity contribution in [3.8, 4) is 0 Å². The summed E-state index contributed by atoms with van der Waals surface area (Å²) >= 11 is 6.14. The molecule has 0 unspecified atom stereocenters. The topological polar surface area (TPSA) is 87.7 Å². The molecule has 0 bridgehead atoms. The summed E-state index contributed by atoms with van der Waals surface area (Å²) in [5.74, 6) is 0.119. The van der Waals surface area contributed by atoms with Crippen molar-refractivity contribution in [3.05, 3.63) is 51.3 Å². The van der Waals surface area contributed by atoms with E-state index in [9.17, 15) is 9.59 Å². The maximum Gasteiger partial charge on any atom is 0.210 e. The molecule has 0 radical (unpaired) electrons.